The first-order chi connectivity index (χ1) is 11.8. The van der Waals surface area contributed by atoms with Crippen LogP contribution in [-0.4, -0.2) is 26.7 Å². The molecular weight excluding hydrogens is 340 g/mol. The number of benzene rings is 2. The van der Waals surface area contributed by atoms with Gasteiger partial charge < -0.3 is 10.1 Å². The van der Waals surface area contributed by atoms with Crippen molar-refractivity contribution in [2.75, 3.05) is 22.4 Å². The standard InChI is InChI=1S/C18H22N2O4S/c1-4-25(22,23)20-17-10-7-15(11-14(17)3)19-18(21)12-24-16-8-5-13(2)6-9-16/h5-11,20H,4,12H2,1-3H3,(H,19,21). The van der Waals surface area contributed by atoms with E-state index in [2.05, 4.69) is 10.0 Å². The Morgan fingerprint density at radius 2 is 1.76 bits per heavy atom. The monoisotopic (exact) mass is 362 g/mol. The Bertz CT molecular complexity index is 846. The first-order valence-electron chi connectivity index (χ1n) is 7.89. The van der Waals surface area contributed by atoms with Gasteiger partial charge in [-0.2, -0.15) is 0 Å². The molecule has 1 amide bonds. The lowest BCUT2D eigenvalue weighted by molar-refractivity contribution is -0.118. The number of nitrogens with one attached hydrogen (secondary N) is 2. The van der Waals surface area contributed by atoms with Gasteiger partial charge in [-0.1, -0.05) is 17.7 Å². The largest absolute Gasteiger partial charge is 0.484 e. The number of amides is 1. The highest BCUT2D eigenvalue weighted by molar-refractivity contribution is 7.92. The summed E-state index contributed by atoms with van der Waals surface area (Å²) in [6.07, 6.45) is 0. The molecule has 2 aromatic rings. The predicted octanol–water partition coefficient (Wildman–Crippen LogP) is 3.08. The second-order valence-electron chi connectivity index (χ2n) is 5.69. The minimum atomic E-state index is -3.33. The molecule has 0 radical (unpaired) electrons. The Morgan fingerprint density at radius 1 is 1.08 bits per heavy atom. The number of ether oxygens (including phenoxy) is 1. The molecule has 0 aliphatic heterocycles. The van der Waals surface area contributed by atoms with Gasteiger partial charge in [-0.15, -0.1) is 0 Å². The van der Waals surface area contributed by atoms with Gasteiger partial charge in [-0.3, -0.25) is 9.52 Å². The third-order valence-electron chi connectivity index (χ3n) is 3.55. The van der Waals surface area contributed by atoms with E-state index < -0.39 is 10.0 Å². The van der Waals surface area contributed by atoms with Crippen molar-refractivity contribution in [3.05, 3.63) is 53.6 Å². The third-order valence-corrected chi connectivity index (χ3v) is 4.84. The van der Waals surface area contributed by atoms with Gasteiger partial charge in [0, 0.05) is 5.69 Å². The van der Waals surface area contributed by atoms with Gasteiger partial charge in [0.15, 0.2) is 6.61 Å². The van der Waals surface area contributed by atoms with Crippen molar-refractivity contribution in [2.45, 2.75) is 20.8 Å². The Labute approximate surface area is 148 Å². The number of hydrogen-bond acceptors (Lipinski definition) is 4. The third kappa shape index (κ3) is 5.79. The maximum Gasteiger partial charge on any atom is 0.262 e. The molecule has 0 aliphatic carbocycles. The Balaban J connectivity index is 1.94. The number of anilines is 2. The molecule has 25 heavy (non-hydrogen) atoms. The van der Waals surface area contributed by atoms with Crippen LogP contribution in [-0.2, 0) is 14.8 Å². The molecule has 0 heterocycles. The molecule has 0 aromatic heterocycles. The lowest BCUT2D eigenvalue weighted by Crippen LogP contribution is -2.20. The van der Waals surface area contributed by atoms with Crippen molar-refractivity contribution >= 4 is 27.3 Å². The topological polar surface area (TPSA) is 84.5 Å². The molecule has 0 unspecified atom stereocenters. The van der Waals surface area contributed by atoms with E-state index in [1.807, 2.05) is 19.1 Å². The van der Waals surface area contributed by atoms with E-state index in [-0.39, 0.29) is 18.3 Å². The molecule has 0 fully saturated rings. The summed E-state index contributed by atoms with van der Waals surface area (Å²) >= 11 is 0. The number of sulfonamides is 1. The number of carbonyl (C=O) groups is 1. The Morgan fingerprint density at radius 3 is 2.36 bits per heavy atom. The van der Waals surface area contributed by atoms with Gasteiger partial charge >= 0.3 is 0 Å². The molecule has 134 valence electrons. The first kappa shape index (κ1) is 18.8. The molecule has 2 rings (SSSR count). The molecule has 2 N–H and O–H groups in total. The van der Waals surface area contributed by atoms with E-state index in [0.29, 0.717) is 22.7 Å². The molecule has 0 bridgehead atoms. The first-order valence-corrected chi connectivity index (χ1v) is 9.55. The summed E-state index contributed by atoms with van der Waals surface area (Å²) in [6, 6.07) is 12.4. The molecule has 2 aromatic carbocycles. The molecular formula is C18H22N2O4S. The summed E-state index contributed by atoms with van der Waals surface area (Å²) in [6.45, 7) is 5.21. The Kier molecular flexibility index (Phi) is 6.03. The van der Waals surface area contributed by atoms with Crippen LogP contribution in [0.4, 0.5) is 11.4 Å². The lowest BCUT2D eigenvalue weighted by Gasteiger charge is -2.12. The fraction of sp³-hybridized carbons (Fsp3) is 0.278. The van der Waals surface area contributed by atoms with Crippen LogP contribution >= 0.6 is 0 Å². The summed E-state index contributed by atoms with van der Waals surface area (Å²) in [5.41, 5.74) is 2.91. The molecule has 7 heteroatoms. The van der Waals surface area contributed by atoms with Crippen molar-refractivity contribution in [1.82, 2.24) is 0 Å². The average Bonchev–Trinajstić information content (AvgIpc) is 2.57. The van der Waals surface area contributed by atoms with Crippen LogP contribution in [0.5, 0.6) is 5.75 Å². The van der Waals surface area contributed by atoms with Gasteiger partial charge in [0.1, 0.15) is 5.75 Å². The molecule has 0 saturated heterocycles. The predicted molar refractivity (Wildman–Crippen MR) is 99.6 cm³/mol. The van der Waals surface area contributed by atoms with E-state index in [4.69, 9.17) is 4.74 Å². The van der Waals surface area contributed by atoms with Crippen molar-refractivity contribution in [3.8, 4) is 5.75 Å². The van der Waals surface area contributed by atoms with E-state index >= 15 is 0 Å². The van der Waals surface area contributed by atoms with Crippen LogP contribution in [0.1, 0.15) is 18.1 Å². The van der Waals surface area contributed by atoms with Crippen LogP contribution in [0, 0.1) is 13.8 Å². The minimum Gasteiger partial charge on any atom is -0.484 e. The molecule has 0 atom stereocenters. The molecule has 0 aliphatic rings. The zero-order valence-electron chi connectivity index (χ0n) is 14.5. The average molecular weight is 362 g/mol. The van der Waals surface area contributed by atoms with Crippen LogP contribution in [0.3, 0.4) is 0 Å². The SMILES string of the molecule is CCS(=O)(=O)Nc1ccc(NC(=O)COc2ccc(C)cc2)cc1C. The van der Waals surface area contributed by atoms with Gasteiger partial charge in [-0.25, -0.2) is 8.42 Å². The minimum absolute atomic E-state index is 0.00127. The quantitative estimate of drug-likeness (QED) is 0.793. The zero-order chi connectivity index (χ0) is 18.4. The van der Waals surface area contributed by atoms with E-state index in [1.165, 1.54) is 0 Å². The van der Waals surface area contributed by atoms with Gasteiger partial charge in [0.05, 0.1) is 11.4 Å². The van der Waals surface area contributed by atoms with Crippen LogP contribution in [0.25, 0.3) is 0 Å². The highest BCUT2D eigenvalue weighted by atomic mass is 32.2. The summed E-state index contributed by atoms with van der Waals surface area (Å²) in [7, 11) is -3.33. The zero-order valence-corrected chi connectivity index (χ0v) is 15.3. The van der Waals surface area contributed by atoms with Gasteiger partial charge in [-0.05, 0) is 56.7 Å². The normalized spacial score (nSPS) is 11.0. The van der Waals surface area contributed by atoms with Crippen molar-refractivity contribution in [2.24, 2.45) is 0 Å². The number of rotatable bonds is 7. The van der Waals surface area contributed by atoms with Crippen molar-refractivity contribution in [3.63, 3.8) is 0 Å². The summed E-state index contributed by atoms with van der Waals surface area (Å²) in [5.74, 6) is 0.337. The maximum absolute atomic E-state index is 12.0. The second kappa shape index (κ2) is 8.02. The molecule has 0 saturated carbocycles. The number of aryl methyl sites for hydroxylation is 2. The summed E-state index contributed by atoms with van der Waals surface area (Å²) in [5, 5.41) is 2.73. The smallest absolute Gasteiger partial charge is 0.262 e. The highest BCUT2D eigenvalue weighted by Crippen LogP contribution is 2.21. The fourth-order valence-corrected chi connectivity index (χ4v) is 2.78. The summed E-state index contributed by atoms with van der Waals surface area (Å²) < 4.78 is 31.2. The van der Waals surface area contributed by atoms with E-state index in [1.54, 1.807) is 44.2 Å². The summed E-state index contributed by atoms with van der Waals surface area (Å²) in [4.78, 5) is 12.0. The van der Waals surface area contributed by atoms with Crippen LogP contribution in [0.15, 0.2) is 42.5 Å². The maximum atomic E-state index is 12.0. The fourth-order valence-electron chi connectivity index (χ4n) is 2.08. The highest BCUT2D eigenvalue weighted by Gasteiger charge is 2.10. The van der Waals surface area contributed by atoms with Crippen LogP contribution in [0.2, 0.25) is 0 Å². The second-order valence-corrected chi connectivity index (χ2v) is 7.70. The lowest BCUT2D eigenvalue weighted by atomic mass is 10.2. The number of hydrogen-bond donors (Lipinski definition) is 2. The Hall–Kier alpha value is -2.54. The van der Waals surface area contributed by atoms with E-state index in [9.17, 15) is 13.2 Å². The van der Waals surface area contributed by atoms with E-state index in [0.717, 1.165) is 5.56 Å². The van der Waals surface area contributed by atoms with Gasteiger partial charge in [0.25, 0.3) is 5.91 Å². The van der Waals surface area contributed by atoms with Gasteiger partial charge in [0.2, 0.25) is 10.0 Å². The van der Waals surface area contributed by atoms with Crippen LogP contribution < -0.4 is 14.8 Å². The van der Waals surface area contributed by atoms with Crippen molar-refractivity contribution < 1.29 is 17.9 Å². The molecule has 0 spiro atoms. The molecule has 6 nitrogen and oxygen atoms in total. The van der Waals surface area contributed by atoms with Crippen molar-refractivity contribution in [1.29, 1.82) is 0 Å². The number of carbonyl (C=O) groups excluding carboxylic acids is 1.